The first-order valence-electron chi connectivity index (χ1n) is 6.37. The highest BCUT2D eigenvalue weighted by atomic mass is 16.5. The molecule has 5 N–H and O–H groups in total. The molecule has 21 heavy (non-hydrogen) atoms. The van der Waals surface area contributed by atoms with E-state index in [0.717, 1.165) is 5.56 Å². The van der Waals surface area contributed by atoms with Gasteiger partial charge in [0.25, 0.3) is 0 Å². The minimum Gasteiger partial charge on any atom is -0.508 e. The van der Waals surface area contributed by atoms with Gasteiger partial charge in [-0.1, -0.05) is 6.07 Å². The van der Waals surface area contributed by atoms with Gasteiger partial charge in [0.05, 0.1) is 6.10 Å². The third kappa shape index (κ3) is 2.30. The third-order valence-corrected chi connectivity index (χ3v) is 3.50. The zero-order chi connectivity index (χ0) is 15.1. The van der Waals surface area contributed by atoms with Gasteiger partial charge in [0.2, 0.25) is 0 Å². The van der Waals surface area contributed by atoms with Gasteiger partial charge in [0.15, 0.2) is 23.4 Å². The van der Waals surface area contributed by atoms with Crippen molar-refractivity contribution in [3.05, 3.63) is 41.5 Å². The van der Waals surface area contributed by atoms with Crippen molar-refractivity contribution in [3.8, 4) is 28.7 Å². The number of ether oxygens (including phenoxy) is 1. The Balaban J connectivity index is 2.00. The lowest BCUT2D eigenvalue weighted by Crippen LogP contribution is -2.30. The summed E-state index contributed by atoms with van der Waals surface area (Å²) >= 11 is 0. The summed E-state index contributed by atoms with van der Waals surface area (Å²) in [6.45, 7) is 0. The number of hydrogen-bond donors (Lipinski definition) is 5. The summed E-state index contributed by atoms with van der Waals surface area (Å²) in [5.74, 6) is -1.15. The van der Waals surface area contributed by atoms with E-state index >= 15 is 0 Å². The lowest BCUT2D eigenvalue weighted by molar-refractivity contribution is 0.0204. The van der Waals surface area contributed by atoms with Gasteiger partial charge in [-0.15, -0.1) is 0 Å². The normalized spacial score (nSPS) is 20.6. The fourth-order valence-corrected chi connectivity index (χ4v) is 2.45. The van der Waals surface area contributed by atoms with E-state index < -0.39 is 29.5 Å². The first-order valence-corrected chi connectivity index (χ1v) is 6.37. The second kappa shape index (κ2) is 4.75. The number of aromatic hydroxyl groups is 4. The maximum Gasteiger partial charge on any atom is 0.200 e. The maximum atomic E-state index is 10.2. The number of rotatable bonds is 1. The number of phenolic OH excluding ortho intramolecular Hbond substituents is 4. The van der Waals surface area contributed by atoms with Crippen LogP contribution in [0.5, 0.6) is 28.7 Å². The molecule has 0 saturated heterocycles. The van der Waals surface area contributed by atoms with E-state index in [1.54, 1.807) is 6.07 Å². The first kappa shape index (κ1) is 13.4. The Bertz CT molecular complexity index is 674. The molecule has 2 atom stereocenters. The van der Waals surface area contributed by atoms with E-state index in [4.69, 9.17) is 4.74 Å². The molecule has 0 radical (unpaired) electrons. The SMILES string of the molecule is Oc1ccc2c(c1)OC(c1cc(O)c(O)c(O)c1)C(O)C2. The molecule has 0 bridgehead atoms. The van der Waals surface area contributed by atoms with Crippen LogP contribution >= 0.6 is 0 Å². The number of benzene rings is 2. The lowest BCUT2D eigenvalue weighted by atomic mass is 9.94. The molecule has 6 nitrogen and oxygen atoms in total. The molecule has 1 aliphatic heterocycles. The maximum absolute atomic E-state index is 10.2. The highest BCUT2D eigenvalue weighted by molar-refractivity contribution is 5.52. The summed E-state index contributed by atoms with van der Waals surface area (Å²) in [5.41, 5.74) is 1.08. The molecular formula is C15H14O6. The van der Waals surface area contributed by atoms with Gasteiger partial charge < -0.3 is 30.3 Å². The highest BCUT2D eigenvalue weighted by Crippen LogP contribution is 2.42. The molecule has 3 rings (SSSR count). The van der Waals surface area contributed by atoms with Crippen LogP contribution < -0.4 is 4.74 Å². The molecule has 110 valence electrons. The molecule has 1 aliphatic rings. The van der Waals surface area contributed by atoms with Gasteiger partial charge in [0.1, 0.15) is 11.5 Å². The smallest absolute Gasteiger partial charge is 0.200 e. The molecule has 2 aromatic rings. The van der Waals surface area contributed by atoms with Crippen molar-refractivity contribution < 1.29 is 30.3 Å². The second-order valence-electron chi connectivity index (χ2n) is 5.01. The first-order chi connectivity index (χ1) is 9.95. The largest absolute Gasteiger partial charge is 0.508 e. The molecule has 0 aromatic heterocycles. The molecule has 1 heterocycles. The minimum absolute atomic E-state index is 0.0419. The quantitative estimate of drug-likeness (QED) is 0.510. The Hall–Kier alpha value is -2.60. The minimum atomic E-state index is -0.884. The van der Waals surface area contributed by atoms with Crippen molar-refractivity contribution >= 4 is 0 Å². The zero-order valence-electron chi connectivity index (χ0n) is 10.9. The van der Waals surface area contributed by atoms with Gasteiger partial charge in [0, 0.05) is 18.1 Å². The van der Waals surface area contributed by atoms with Crippen LogP contribution in [0.1, 0.15) is 17.2 Å². The monoisotopic (exact) mass is 290 g/mol. The van der Waals surface area contributed by atoms with Gasteiger partial charge in [-0.25, -0.2) is 0 Å². The molecule has 0 amide bonds. The van der Waals surface area contributed by atoms with E-state index in [9.17, 15) is 25.5 Å². The van der Waals surface area contributed by atoms with E-state index in [0.29, 0.717) is 17.7 Å². The number of aliphatic hydroxyl groups is 1. The van der Waals surface area contributed by atoms with Gasteiger partial charge in [-0.2, -0.15) is 0 Å². The van der Waals surface area contributed by atoms with Crippen LogP contribution in [-0.2, 0) is 6.42 Å². The van der Waals surface area contributed by atoms with Crippen LogP contribution in [0.25, 0.3) is 0 Å². The average Bonchev–Trinajstić information content (AvgIpc) is 2.44. The average molecular weight is 290 g/mol. The van der Waals surface area contributed by atoms with Crippen molar-refractivity contribution in [2.45, 2.75) is 18.6 Å². The van der Waals surface area contributed by atoms with Crippen LogP contribution in [0.4, 0.5) is 0 Å². The van der Waals surface area contributed by atoms with Crippen LogP contribution in [0.15, 0.2) is 30.3 Å². The Labute approximate surface area is 120 Å². The van der Waals surface area contributed by atoms with Gasteiger partial charge in [-0.3, -0.25) is 0 Å². The molecule has 0 fully saturated rings. The van der Waals surface area contributed by atoms with Crippen molar-refractivity contribution in [2.24, 2.45) is 0 Å². The summed E-state index contributed by atoms with van der Waals surface area (Å²) in [4.78, 5) is 0. The number of phenols is 4. The predicted octanol–water partition coefficient (Wildman–Crippen LogP) is 1.55. The molecule has 2 aromatic carbocycles. The highest BCUT2D eigenvalue weighted by Gasteiger charge is 2.31. The van der Waals surface area contributed by atoms with Gasteiger partial charge in [-0.05, 0) is 23.8 Å². The predicted molar refractivity (Wildman–Crippen MR) is 72.6 cm³/mol. The van der Waals surface area contributed by atoms with Crippen molar-refractivity contribution in [3.63, 3.8) is 0 Å². The van der Waals surface area contributed by atoms with E-state index in [-0.39, 0.29) is 5.75 Å². The van der Waals surface area contributed by atoms with E-state index in [2.05, 4.69) is 0 Å². The van der Waals surface area contributed by atoms with E-state index in [1.165, 1.54) is 24.3 Å². The lowest BCUT2D eigenvalue weighted by Gasteiger charge is -2.31. The standard InChI is InChI=1S/C15H14O6/c16-9-2-1-7-3-12(19)15(21-13(7)6-9)8-4-10(17)14(20)11(18)5-8/h1-2,4-6,12,15-20H,3H2. The van der Waals surface area contributed by atoms with Crippen LogP contribution in [0.3, 0.4) is 0 Å². The molecular weight excluding hydrogens is 276 g/mol. The molecule has 6 heteroatoms. The number of hydrogen-bond acceptors (Lipinski definition) is 6. The molecule has 0 spiro atoms. The number of aliphatic hydroxyl groups excluding tert-OH is 1. The Morgan fingerprint density at radius 2 is 1.62 bits per heavy atom. The third-order valence-electron chi connectivity index (χ3n) is 3.50. The Morgan fingerprint density at radius 3 is 2.29 bits per heavy atom. The van der Waals surface area contributed by atoms with Crippen LogP contribution in [-0.4, -0.2) is 31.6 Å². The van der Waals surface area contributed by atoms with Crippen LogP contribution in [0.2, 0.25) is 0 Å². The zero-order valence-corrected chi connectivity index (χ0v) is 10.9. The summed E-state index contributed by atoms with van der Waals surface area (Å²) in [7, 11) is 0. The summed E-state index contributed by atoms with van der Waals surface area (Å²) in [5, 5.41) is 48.1. The number of fused-ring (bicyclic) bond motifs is 1. The molecule has 0 saturated carbocycles. The second-order valence-corrected chi connectivity index (χ2v) is 5.01. The topological polar surface area (TPSA) is 110 Å². The fraction of sp³-hybridized carbons (Fsp3) is 0.200. The molecule has 0 aliphatic carbocycles. The van der Waals surface area contributed by atoms with Crippen molar-refractivity contribution in [1.29, 1.82) is 0 Å². The van der Waals surface area contributed by atoms with Gasteiger partial charge >= 0.3 is 0 Å². The van der Waals surface area contributed by atoms with Crippen LogP contribution in [0, 0.1) is 0 Å². The molecule has 2 unspecified atom stereocenters. The summed E-state index contributed by atoms with van der Waals surface area (Å²) in [6, 6.07) is 7.05. The van der Waals surface area contributed by atoms with Crippen molar-refractivity contribution in [2.75, 3.05) is 0 Å². The Kier molecular flexibility index (Phi) is 3.03. The van der Waals surface area contributed by atoms with E-state index in [1.807, 2.05) is 0 Å². The van der Waals surface area contributed by atoms with Crippen molar-refractivity contribution in [1.82, 2.24) is 0 Å². The Morgan fingerprint density at radius 1 is 0.952 bits per heavy atom. The summed E-state index contributed by atoms with van der Waals surface area (Å²) in [6.07, 6.45) is -1.40. The fourth-order valence-electron chi connectivity index (χ4n) is 2.45. The summed E-state index contributed by atoms with van der Waals surface area (Å²) < 4.78 is 5.65.